The number of anilines is 2. The van der Waals surface area contributed by atoms with Gasteiger partial charge in [-0.15, -0.1) is 11.8 Å². The lowest BCUT2D eigenvalue weighted by Gasteiger charge is -2.37. The highest BCUT2D eigenvalue weighted by Crippen LogP contribution is 2.63. The highest BCUT2D eigenvalue weighted by atomic mass is 32.2. The van der Waals surface area contributed by atoms with Crippen molar-refractivity contribution in [3.63, 3.8) is 0 Å². The molecule has 0 fully saturated rings. The van der Waals surface area contributed by atoms with Crippen molar-refractivity contribution in [1.29, 1.82) is 0 Å². The number of fused-ring (bicyclic) bond motifs is 13. The maximum Gasteiger partial charge on any atom is 0.218 e. The normalized spacial score (nSPS) is 17.7. The quantitative estimate of drug-likeness (QED) is 0.172. The van der Waals surface area contributed by atoms with Crippen LogP contribution in [0.2, 0.25) is 6.82 Å². The van der Waals surface area contributed by atoms with Gasteiger partial charge in [0.1, 0.15) is 0 Å². The van der Waals surface area contributed by atoms with E-state index < -0.39 is 0 Å². The van der Waals surface area contributed by atoms with Gasteiger partial charge < -0.3 is 4.90 Å². The SMILES string of the molecule is C[B]Sn1c2ccccc2c2cc(N(c3ccc4c(c3)C3(c5ccccc5-c5ccccc53)c3ccccc3-4)C3C=CC=CC3C)ccc21. The van der Waals surface area contributed by atoms with Crippen LogP contribution < -0.4 is 4.90 Å². The summed E-state index contributed by atoms with van der Waals surface area (Å²) in [5, 5.41) is 2.56. The van der Waals surface area contributed by atoms with Crippen molar-refractivity contribution in [3.8, 4) is 22.3 Å². The Bertz CT molecular complexity index is 2460. The summed E-state index contributed by atoms with van der Waals surface area (Å²) in [4.78, 5) is 2.58. The number of benzene rings is 6. The average Bonchev–Trinajstić information content (AvgIpc) is 3.74. The summed E-state index contributed by atoms with van der Waals surface area (Å²) < 4.78 is 2.36. The van der Waals surface area contributed by atoms with Crippen LogP contribution in [0.3, 0.4) is 0 Å². The second kappa shape index (κ2) is 10.9. The first kappa shape index (κ1) is 28.8. The van der Waals surface area contributed by atoms with Gasteiger partial charge in [0.2, 0.25) is 6.56 Å². The van der Waals surface area contributed by atoms with E-state index in [0.717, 1.165) is 0 Å². The molecule has 4 heteroatoms. The molecule has 2 atom stereocenters. The molecule has 1 aromatic heterocycles. The standard InChI is InChI=1S/C45H34BN2S/c1-29-13-3-11-21-42(29)47(30-24-26-44-37(27-30)36-17-7-12-22-43(36)48(44)49-46-2)31-23-25-35-34-16-6-10-20-40(34)45(41(35)28-31)38-18-8-4-14-32(38)33-15-5-9-19-39(33)45/h3-29,42H,1-2H3. The summed E-state index contributed by atoms with van der Waals surface area (Å²) >= 11 is 1.74. The van der Waals surface area contributed by atoms with E-state index in [1.807, 2.05) is 0 Å². The van der Waals surface area contributed by atoms with E-state index in [1.165, 1.54) is 77.7 Å². The van der Waals surface area contributed by atoms with E-state index in [-0.39, 0.29) is 11.5 Å². The molecule has 0 saturated heterocycles. The van der Waals surface area contributed by atoms with Crippen LogP contribution in [0.5, 0.6) is 0 Å². The van der Waals surface area contributed by atoms with Crippen LogP contribution in [0.1, 0.15) is 29.2 Å². The zero-order valence-electron chi connectivity index (χ0n) is 27.5. The van der Waals surface area contributed by atoms with Gasteiger partial charge in [0.05, 0.1) is 22.5 Å². The molecule has 3 aliphatic rings. The Balaban J connectivity index is 1.24. The third kappa shape index (κ3) is 3.92. The first-order chi connectivity index (χ1) is 24.2. The minimum absolute atomic E-state index is 0.162. The van der Waals surface area contributed by atoms with E-state index >= 15 is 0 Å². The summed E-state index contributed by atoms with van der Waals surface area (Å²) in [6.45, 7) is 6.60. The number of aromatic nitrogens is 1. The van der Waals surface area contributed by atoms with E-state index in [1.54, 1.807) is 11.8 Å². The van der Waals surface area contributed by atoms with Gasteiger partial charge >= 0.3 is 0 Å². The number of nitrogens with zero attached hydrogens (tertiary/aromatic N) is 2. The maximum atomic E-state index is 2.58. The van der Waals surface area contributed by atoms with E-state index in [0.29, 0.717) is 5.92 Å². The van der Waals surface area contributed by atoms with Crippen molar-refractivity contribution < 1.29 is 0 Å². The fourth-order valence-corrected chi connectivity index (χ4v) is 9.80. The van der Waals surface area contributed by atoms with E-state index in [4.69, 9.17) is 0 Å². The largest absolute Gasteiger partial charge is 0.334 e. The minimum atomic E-state index is -0.375. The summed E-state index contributed by atoms with van der Waals surface area (Å²) in [6, 6.07) is 50.5. The van der Waals surface area contributed by atoms with Crippen molar-refractivity contribution in [1.82, 2.24) is 3.97 Å². The van der Waals surface area contributed by atoms with Crippen LogP contribution in [-0.4, -0.2) is 16.6 Å². The maximum absolute atomic E-state index is 2.58. The monoisotopic (exact) mass is 645 g/mol. The van der Waals surface area contributed by atoms with Gasteiger partial charge in [-0.1, -0.05) is 135 Å². The number of rotatable bonds is 5. The Morgan fingerprint density at radius 2 is 1.12 bits per heavy atom. The van der Waals surface area contributed by atoms with Crippen LogP contribution in [0.15, 0.2) is 158 Å². The molecule has 6 aromatic carbocycles. The van der Waals surface area contributed by atoms with Crippen LogP contribution >= 0.6 is 11.8 Å². The molecule has 3 aliphatic carbocycles. The molecule has 233 valence electrons. The van der Waals surface area contributed by atoms with Crippen LogP contribution in [0, 0.1) is 5.92 Å². The smallest absolute Gasteiger partial charge is 0.218 e. The Hall–Kier alpha value is -5.19. The number of hydrogen-bond donors (Lipinski definition) is 0. The van der Waals surface area contributed by atoms with Crippen LogP contribution in [0.4, 0.5) is 11.4 Å². The van der Waals surface area contributed by atoms with Crippen molar-refractivity contribution in [2.45, 2.75) is 25.2 Å². The molecule has 49 heavy (non-hydrogen) atoms. The summed E-state index contributed by atoms with van der Waals surface area (Å²) in [7, 11) is 0. The Morgan fingerprint density at radius 3 is 1.80 bits per heavy atom. The summed E-state index contributed by atoms with van der Waals surface area (Å²) in [5.41, 5.74) is 15.3. The van der Waals surface area contributed by atoms with Crippen LogP contribution in [-0.2, 0) is 5.41 Å². The molecule has 0 saturated carbocycles. The lowest BCUT2D eigenvalue weighted by molar-refractivity contribution is 0.609. The molecular weight excluding hydrogens is 611 g/mol. The molecule has 1 spiro atoms. The minimum Gasteiger partial charge on any atom is -0.334 e. The van der Waals surface area contributed by atoms with E-state index in [9.17, 15) is 0 Å². The highest BCUT2D eigenvalue weighted by molar-refractivity contribution is 8.21. The number of hydrogen-bond acceptors (Lipinski definition) is 2. The number of para-hydroxylation sites is 1. The zero-order chi connectivity index (χ0) is 32.7. The Morgan fingerprint density at radius 1 is 0.571 bits per heavy atom. The van der Waals surface area contributed by atoms with Gasteiger partial charge in [-0.3, -0.25) is 3.97 Å². The first-order valence-electron chi connectivity index (χ1n) is 17.3. The second-order valence-electron chi connectivity index (χ2n) is 13.5. The van der Waals surface area contributed by atoms with Crippen LogP contribution in [0.25, 0.3) is 44.1 Å². The van der Waals surface area contributed by atoms with Crippen molar-refractivity contribution in [3.05, 3.63) is 180 Å². The second-order valence-corrected chi connectivity index (χ2v) is 14.5. The third-order valence-electron chi connectivity index (χ3n) is 11.0. The number of allylic oxidation sites excluding steroid dienone is 2. The molecule has 0 aliphatic heterocycles. The third-order valence-corrected chi connectivity index (χ3v) is 11.8. The predicted octanol–water partition coefficient (Wildman–Crippen LogP) is 11.6. The van der Waals surface area contributed by atoms with Gasteiger partial charge in [0.25, 0.3) is 0 Å². The molecule has 0 N–H and O–H groups in total. The lowest BCUT2D eigenvalue weighted by Crippen LogP contribution is -2.35. The molecular formula is C45H34BN2S. The Labute approximate surface area is 292 Å². The molecule has 7 aromatic rings. The fourth-order valence-electron chi connectivity index (χ4n) is 9.05. The molecule has 0 amide bonds. The summed E-state index contributed by atoms with van der Waals surface area (Å²) in [5.74, 6) is 0.333. The van der Waals surface area contributed by atoms with Crippen molar-refractivity contribution in [2.24, 2.45) is 5.92 Å². The molecule has 10 rings (SSSR count). The Kier molecular flexibility index (Phi) is 6.41. The zero-order valence-corrected chi connectivity index (χ0v) is 28.4. The molecule has 1 radical (unpaired) electrons. The molecule has 2 nitrogen and oxygen atoms in total. The van der Waals surface area contributed by atoms with Crippen molar-refractivity contribution >= 4 is 51.5 Å². The van der Waals surface area contributed by atoms with Gasteiger partial charge in [-0.2, -0.15) is 0 Å². The summed E-state index contributed by atoms with van der Waals surface area (Å²) in [6.07, 6.45) is 9.11. The predicted molar refractivity (Wildman–Crippen MR) is 210 cm³/mol. The van der Waals surface area contributed by atoms with Gasteiger partial charge in [0.15, 0.2) is 0 Å². The lowest BCUT2D eigenvalue weighted by atomic mass is 9.70. The first-order valence-corrected chi connectivity index (χ1v) is 18.1. The average molecular weight is 646 g/mol. The van der Waals surface area contributed by atoms with Gasteiger partial charge in [-0.25, -0.2) is 0 Å². The van der Waals surface area contributed by atoms with Gasteiger partial charge in [0, 0.05) is 22.1 Å². The van der Waals surface area contributed by atoms with Gasteiger partial charge in [-0.05, 0) is 86.8 Å². The van der Waals surface area contributed by atoms with E-state index in [2.05, 4.69) is 187 Å². The van der Waals surface area contributed by atoms with Crippen molar-refractivity contribution in [2.75, 3.05) is 4.90 Å². The molecule has 1 heterocycles. The topological polar surface area (TPSA) is 8.17 Å². The molecule has 0 bridgehead atoms. The molecule has 2 unspecified atom stereocenters. The highest BCUT2D eigenvalue weighted by Gasteiger charge is 2.51. The fraction of sp³-hybridized carbons (Fsp3) is 0.111.